The highest BCUT2D eigenvalue weighted by atomic mass is 35.5. The van der Waals surface area contributed by atoms with Crippen LogP contribution in [0.1, 0.15) is 22.8 Å². The molecular formula is C16H15ClN2O6. The second-order valence-electron chi connectivity index (χ2n) is 4.78. The van der Waals surface area contributed by atoms with Crippen molar-refractivity contribution < 1.29 is 23.9 Å². The molecule has 0 aliphatic carbocycles. The van der Waals surface area contributed by atoms with Gasteiger partial charge in [-0.15, -0.1) is 0 Å². The summed E-state index contributed by atoms with van der Waals surface area (Å²) in [6.45, 7) is 1.92. The van der Waals surface area contributed by atoms with Crippen LogP contribution in [0, 0.1) is 10.1 Å². The van der Waals surface area contributed by atoms with Gasteiger partial charge in [0.1, 0.15) is 17.3 Å². The summed E-state index contributed by atoms with van der Waals surface area (Å²) in [5, 5.41) is 11.6. The highest BCUT2D eigenvalue weighted by molar-refractivity contribution is 6.29. The first-order valence-electron chi connectivity index (χ1n) is 7.23. The molecule has 0 amide bonds. The quantitative estimate of drug-likeness (QED) is 0.320. The second kappa shape index (κ2) is 8.29. The molecule has 9 heteroatoms. The smallest absolute Gasteiger partial charge is 0.345 e. The van der Waals surface area contributed by atoms with Crippen molar-refractivity contribution in [3.63, 3.8) is 0 Å². The number of nitro benzene ring substituents is 1. The minimum Gasteiger partial charge on any atom is -0.493 e. The molecule has 0 saturated heterocycles. The molecule has 0 fully saturated rings. The van der Waals surface area contributed by atoms with E-state index in [0.717, 1.165) is 6.07 Å². The van der Waals surface area contributed by atoms with Gasteiger partial charge in [-0.1, -0.05) is 17.7 Å². The first kappa shape index (κ1) is 18.5. The first-order valence-corrected chi connectivity index (χ1v) is 7.60. The van der Waals surface area contributed by atoms with E-state index in [2.05, 4.69) is 4.98 Å². The summed E-state index contributed by atoms with van der Waals surface area (Å²) >= 11 is 5.68. The van der Waals surface area contributed by atoms with E-state index in [4.69, 9.17) is 25.8 Å². The monoisotopic (exact) mass is 366 g/mol. The first-order chi connectivity index (χ1) is 12.0. The van der Waals surface area contributed by atoms with Gasteiger partial charge in [0.2, 0.25) is 0 Å². The molecule has 0 N–H and O–H groups in total. The molecule has 1 heterocycles. The molecule has 1 aromatic carbocycles. The highest BCUT2D eigenvalue weighted by Gasteiger charge is 2.26. The van der Waals surface area contributed by atoms with Crippen LogP contribution < -0.4 is 9.47 Å². The highest BCUT2D eigenvalue weighted by Crippen LogP contribution is 2.35. The van der Waals surface area contributed by atoms with Crippen molar-refractivity contribution in [2.24, 2.45) is 0 Å². The Bertz CT molecular complexity index is 779. The van der Waals surface area contributed by atoms with E-state index >= 15 is 0 Å². The Morgan fingerprint density at radius 1 is 1.32 bits per heavy atom. The van der Waals surface area contributed by atoms with E-state index in [1.807, 2.05) is 0 Å². The van der Waals surface area contributed by atoms with Gasteiger partial charge in [-0.2, -0.15) is 0 Å². The van der Waals surface area contributed by atoms with E-state index in [-0.39, 0.29) is 23.7 Å². The van der Waals surface area contributed by atoms with Crippen LogP contribution in [0.15, 0.2) is 30.5 Å². The Morgan fingerprint density at radius 2 is 2.08 bits per heavy atom. The van der Waals surface area contributed by atoms with E-state index in [1.165, 1.54) is 19.4 Å². The van der Waals surface area contributed by atoms with Gasteiger partial charge in [0.25, 0.3) is 5.69 Å². The van der Waals surface area contributed by atoms with E-state index < -0.39 is 16.6 Å². The zero-order chi connectivity index (χ0) is 18.4. The molecule has 1 aromatic heterocycles. The van der Waals surface area contributed by atoms with Gasteiger partial charge in [0, 0.05) is 17.8 Å². The molecule has 0 saturated carbocycles. The lowest BCUT2D eigenvalue weighted by Crippen LogP contribution is -2.10. The zero-order valence-electron chi connectivity index (χ0n) is 13.5. The molecular weight excluding hydrogens is 352 g/mol. The van der Waals surface area contributed by atoms with Gasteiger partial charge in [-0.3, -0.25) is 10.1 Å². The minimum absolute atomic E-state index is 0.102. The summed E-state index contributed by atoms with van der Waals surface area (Å²) in [5.41, 5.74) is -0.0611. The Labute approximate surface area is 148 Å². The molecule has 2 rings (SSSR count). The third-order valence-corrected chi connectivity index (χ3v) is 3.38. The van der Waals surface area contributed by atoms with Crippen molar-refractivity contribution in [2.45, 2.75) is 13.5 Å². The molecule has 0 aliphatic rings. The molecule has 132 valence electrons. The molecule has 2 aromatic rings. The fourth-order valence-corrected chi connectivity index (χ4v) is 2.12. The molecule has 0 unspecified atom stereocenters. The average Bonchev–Trinajstić information content (AvgIpc) is 2.60. The summed E-state index contributed by atoms with van der Waals surface area (Å²) in [6.07, 6.45) is 1.45. The Morgan fingerprint density at radius 3 is 2.64 bits per heavy atom. The molecule has 8 nitrogen and oxygen atoms in total. The van der Waals surface area contributed by atoms with Crippen LogP contribution in [0.25, 0.3) is 0 Å². The van der Waals surface area contributed by atoms with Crippen LogP contribution in [0.3, 0.4) is 0 Å². The van der Waals surface area contributed by atoms with Crippen LogP contribution in [-0.4, -0.2) is 29.6 Å². The normalized spacial score (nSPS) is 10.2. The molecule has 0 radical (unpaired) electrons. The number of hydrogen-bond donors (Lipinski definition) is 0. The fraction of sp³-hybridized carbons (Fsp3) is 0.250. The summed E-state index contributed by atoms with van der Waals surface area (Å²) in [6, 6.07) is 5.55. The van der Waals surface area contributed by atoms with Crippen LogP contribution in [-0.2, 0) is 11.3 Å². The number of carbonyl (C=O) groups excluding carboxylic acids is 1. The van der Waals surface area contributed by atoms with Crippen molar-refractivity contribution in [3.05, 3.63) is 56.9 Å². The number of methoxy groups -OCH3 is 1. The maximum atomic E-state index is 12.3. The number of pyridine rings is 1. The van der Waals surface area contributed by atoms with Crippen molar-refractivity contribution in [1.29, 1.82) is 0 Å². The van der Waals surface area contributed by atoms with Crippen LogP contribution in [0.5, 0.6) is 11.5 Å². The number of hydrogen-bond acceptors (Lipinski definition) is 7. The Balaban J connectivity index is 2.27. The lowest BCUT2D eigenvalue weighted by atomic mass is 10.1. The van der Waals surface area contributed by atoms with E-state index in [9.17, 15) is 14.9 Å². The zero-order valence-corrected chi connectivity index (χ0v) is 14.3. The van der Waals surface area contributed by atoms with E-state index in [0.29, 0.717) is 17.3 Å². The predicted octanol–water partition coefficient (Wildman–Crippen LogP) is 3.41. The number of nitro groups is 1. The van der Waals surface area contributed by atoms with Crippen LogP contribution in [0.4, 0.5) is 5.69 Å². The summed E-state index contributed by atoms with van der Waals surface area (Å²) in [4.78, 5) is 26.7. The number of ether oxygens (including phenoxy) is 3. The lowest BCUT2D eigenvalue weighted by Gasteiger charge is -2.11. The molecule has 0 aliphatic heterocycles. The average molecular weight is 367 g/mol. The lowest BCUT2D eigenvalue weighted by molar-refractivity contribution is -0.385. The maximum absolute atomic E-state index is 12.3. The molecule has 25 heavy (non-hydrogen) atoms. The van der Waals surface area contributed by atoms with Gasteiger partial charge in [-0.25, -0.2) is 9.78 Å². The van der Waals surface area contributed by atoms with Crippen molar-refractivity contribution in [1.82, 2.24) is 4.98 Å². The third-order valence-electron chi connectivity index (χ3n) is 3.16. The minimum atomic E-state index is -0.858. The van der Waals surface area contributed by atoms with Gasteiger partial charge in [-0.05, 0) is 13.0 Å². The summed E-state index contributed by atoms with van der Waals surface area (Å²) < 4.78 is 15.5. The topological polar surface area (TPSA) is 101 Å². The number of halogens is 1. The number of esters is 1. The Kier molecular flexibility index (Phi) is 6.13. The molecule has 0 bridgehead atoms. The predicted molar refractivity (Wildman–Crippen MR) is 89.2 cm³/mol. The number of carbonyl (C=O) groups is 1. The number of aromatic nitrogens is 1. The molecule has 0 atom stereocenters. The fourth-order valence-electron chi connectivity index (χ4n) is 2.01. The number of rotatable bonds is 7. The number of nitrogens with zero attached hydrogens (tertiary/aromatic N) is 2. The Hall–Kier alpha value is -2.87. The maximum Gasteiger partial charge on any atom is 0.345 e. The molecule has 0 spiro atoms. The standard InChI is InChI=1S/C16H15ClN2O6/c1-3-24-14-7-12(19(21)22)11(6-13(14)23-2)16(20)25-9-10-4-5-15(17)18-8-10/h4-8H,3,9H2,1-2H3. The van der Waals surface area contributed by atoms with Gasteiger partial charge < -0.3 is 14.2 Å². The van der Waals surface area contributed by atoms with Crippen LogP contribution in [0.2, 0.25) is 5.15 Å². The van der Waals surface area contributed by atoms with Crippen molar-refractivity contribution >= 4 is 23.3 Å². The van der Waals surface area contributed by atoms with Crippen LogP contribution >= 0.6 is 11.6 Å². The van der Waals surface area contributed by atoms with Crippen molar-refractivity contribution in [3.8, 4) is 11.5 Å². The summed E-state index contributed by atoms with van der Waals surface area (Å²) in [5.74, 6) is -0.481. The van der Waals surface area contributed by atoms with E-state index in [1.54, 1.807) is 19.1 Å². The van der Waals surface area contributed by atoms with Gasteiger partial charge in [0.05, 0.1) is 24.7 Å². The van der Waals surface area contributed by atoms with Gasteiger partial charge >= 0.3 is 5.97 Å². The largest absolute Gasteiger partial charge is 0.493 e. The van der Waals surface area contributed by atoms with Crippen molar-refractivity contribution in [2.75, 3.05) is 13.7 Å². The van der Waals surface area contributed by atoms with Gasteiger partial charge in [0.15, 0.2) is 11.5 Å². The number of benzene rings is 1. The third kappa shape index (κ3) is 4.57. The SMILES string of the molecule is CCOc1cc([N+](=O)[O-])c(C(=O)OCc2ccc(Cl)nc2)cc1OC. The summed E-state index contributed by atoms with van der Waals surface area (Å²) in [7, 11) is 1.37. The second-order valence-corrected chi connectivity index (χ2v) is 5.16.